The number of nitrogens with zero attached hydrogens (tertiary/aromatic N) is 2. The Labute approximate surface area is 244 Å². The van der Waals surface area contributed by atoms with E-state index in [-0.39, 0.29) is 36.9 Å². The summed E-state index contributed by atoms with van der Waals surface area (Å²) in [5.74, 6) is -1.18. The fourth-order valence-electron chi connectivity index (χ4n) is 5.17. The molecule has 3 amide bonds. The maximum absolute atomic E-state index is 13.8. The second-order valence-electron chi connectivity index (χ2n) is 10.3. The van der Waals surface area contributed by atoms with Crippen LogP contribution in [0.1, 0.15) is 66.6 Å². The molecule has 2 unspecified atom stereocenters. The number of anilines is 1. The van der Waals surface area contributed by atoms with Gasteiger partial charge in [-0.25, -0.2) is 9.59 Å². The average Bonchev–Trinajstić information content (AvgIpc) is 3.42. The number of amides is 3. The quantitative estimate of drug-likeness (QED) is 0.250. The van der Waals surface area contributed by atoms with Gasteiger partial charge in [-0.05, 0) is 80.0 Å². The lowest BCUT2D eigenvalue weighted by Crippen LogP contribution is -2.48. The van der Waals surface area contributed by atoms with E-state index < -0.39 is 29.9 Å². The van der Waals surface area contributed by atoms with E-state index in [0.29, 0.717) is 28.6 Å². The van der Waals surface area contributed by atoms with Gasteiger partial charge in [0, 0.05) is 17.3 Å². The van der Waals surface area contributed by atoms with Crippen LogP contribution in [0.5, 0.6) is 5.75 Å². The van der Waals surface area contributed by atoms with Gasteiger partial charge in [0.25, 0.3) is 0 Å². The van der Waals surface area contributed by atoms with Crippen LogP contribution in [0.3, 0.4) is 0 Å². The molecular weight excluding hydrogens is 550 g/mol. The summed E-state index contributed by atoms with van der Waals surface area (Å²) in [5, 5.41) is 20.2. The maximum Gasteiger partial charge on any atom is 0.337 e. The first kappa shape index (κ1) is 30.0. The molecule has 41 heavy (non-hydrogen) atoms. The summed E-state index contributed by atoms with van der Waals surface area (Å²) in [6.07, 6.45) is 4.76. The van der Waals surface area contributed by atoms with E-state index >= 15 is 0 Å². The molecule has 1 aliphatic carbocycles. The van der Waals surface area contributed by atoms with Gasteiger partial charge < -0.3 is 31.0 Å². The molecule has 2 aromatic rings. The molecule has 2 fully saturated rings. The number of rotatable bonds is 9. The van der Waals surface area contributed by atoms with E-state index in [1.807, 2.05) is 6.92 Å². The number of carboxylic acid groups (broad SMARTS) is 1. The van der Waals surface area contributed by atoms with Crippen LogP contribution in [0, 0.1) is 5.92 Å². The lowest BCUT2D eigenvalue weighted by Gasteiger charge is -2.26. The monoisotopic (exact) mass is 585 g/mol. The number of carbonyl (C=O) groups is 3. The molecule has 2 aliphatic rings. The Morgan fingerprint density at radius 3 is 2.66 bits per heavy atom. The van der Waals surface area contributed by atoms with E-state index in [1.165, 1.54) is 12.1 Å². The highest BCUT2D eigenvalue weighted by Gasteiger charge is 2.35. The number of ether oxygens (including phenoxy) is 1. The van der Waals surface area contributed by atoms with Crippen LogP contribution in [-0.2, 0) is 16.1 Å². The summed E-state index contributed by atoms with van der Waals surface area (Å²) >= 11 is 6.23. The van der Waals surface area contributed by atoms with E-state index in [2.05, 4.69) is 15.8 Å². The number of amidine groups is 1. The van der Waals surface area contributed by atoms with Crippen molar-refractivity contribution in [3.8, 4) is 5.75 Å². The molecule has 0 radical (unpaired) electrons. The van der Waals surface area contributed by atoms with E-state index in [9.17, 15) is 19.5 Å². The third kappa shape index (κ3) is 7.40. The predicted molar refractivity (Wildman–Crippen MR) is 155 cm³/mol. The van der Waals surface area contributed by atoms with Crippen LogP contribution < -0.4 is 21.1 Å². The van der Waals surface area contributed by atoms with E-state index in [4.69, 9.17) is 26.9 Å². The first-order valence-electron chi connectivity index (χ1n) is 13.7. The Morgan fingerprint density at radius 1 is 1.24 bits per heavy atom. The number of oxime groups is 1. The number of hydrogen-bond donors (Lipinski definition) is 4. The number of methoxy groups -OCH3 is 1. The van der Waals surface area contributed by atoms with Crippen molar-refractivity contribution < 1.29 is 29.1 Å². The largest absolute Gasteiger partial charge is 0.496 e. The van der Waals surface area contributed by atoms with Gasteiger partial charge in [0.1, 0.15) is 11.9 Å². The Bertz CT molecular complexity index is 1310. The van der Waals surface area contributed by atoms with Crippen LogP contribution in [-0.4, -0.2) is 60.1 Å². The van der Waals surface area contributed by atoms with Crippen molar-refractivity contribution in [2.45, 2.75) is 57.6 Å². The number of aromatic carboxylic acids is 1. The van der Waals surface area contributed by atoms with Gasteiger partial charge in [-0.3, -0.25) is 9.69 Å². The van der Waals surface area contributed by atoms with Crippen LogP contribution >= 0.6 is 11.6 Å². The lowest BCUT2D eigenvalue weighted by molar-refractivity contribution is -0.131. The van der Waals surface area contributed by atoms with E-state index in [1.54, 1.807) is 31.4 Å². The lowest BCUT2D eigenvalue weighted by atomic mass is 9.97. The minimum Gasteiger partial charge on any atom is -0.496 e. The predicted octanol–water partition coefficient (Wildman–Crippen LogP) is 4.35. The molecule has 0 spiro atoms. The summed E-state index contributed by atoms with van der Waals surface area (Å²) in [7, 11) is 1.55. The van der Waals surface area contributed by atoms with Gasteiger partial charge in [0.2, 0.25) is 5.91 Å². The number of nitrogen functional groups attached to an aromatic ring is 1. The zero-order valence-corrected chi connectivity index (χ0v) is 23.9. The molecule has 12 heteroatoms. The standard InChI is InChI=1S/C29H36ClN5O6/c1-3-24(17-8-10-22(28(37)38)23(31)14-17)33-29(39)35-16-26(34-41-21-6-4-5-7-21)32-15-19(27(35)36)12-18-13-20(30)9-11-25(18)40-2/h8-11,13-14,19,21,24H,3-7,12,15-16,31H2,1-2H3,(H,32,34)(H,33,39)(H,37,38). The molecule has 2 aromatic carbocycles. The number of hydrogen-bond acceptors (Lipinski definition) is 7. The molecule has 5 N–H and O–H groups in total. The highest BCUT2D eigenvalue weighted by Crippen LogP contribution is 2.27. The van der Waals surface area contributed by atoms with Crippen LogP contribution in [0.25, 0.3) is 0 Å². The Kier molecular flexibility index (Phi) is 9.93. The van der Waals surface area contributed by atoms with Gasteiger partial charge in [0.15, 0.2) is 5.84 Å². The van der Waals surface area contributed by atoms with Crippen LogP contribution in [0.2, 0.25) is 5.02 Å². The number of carboxylic acids is 1. The van der Waals surface area contributed by atoms with Gasteiger partial charge >= 0.3 is 12.0 Å². The molecule has 1 saturated carbocycles. The summed E-state index contributed by atoms with van der Waals surface area (Å²) in [5.41, 5.74) is 7.38. The molecule has 2 atom stereocenters. The van der Waals surface area contributed by atoms with Crippen molar-refractivity contribution in [1.29, 1.82) is 0 Å². The number of nitrogens with one attached hydrogen (secondary N) is 2. The summed E-state index contributed by atoms with van der Waals surface area (Å²) in [6.45, 7) is 2.00. The van der Waals surface area contributed by atoms with Gasteiger partial charge in [-0.2, -0.15) is 0 Å². The number of halogens is 1. The van der Waals surface area contributed by atoms with Gasteiger partial charge in [-0.1, -0.05) is 29.7 Å². The average molecular weight is 586 g/mol. The normalized spacial score (nSPS) is 19.4. The molecule has 11 nitrogen and oxygen atoms in total. The molecule has 1 heterocycles. The summed E-state index contributed by atoms with van der Waals surface area (Å²) < 4.78 is 5.47. The summed E-state index contributed by atoms with van der Waals surface area (Å²) in [4.78, 5) is 45.7. The minimum atomic E-state index is -1.14. The van der Waals surface area contributed by atoms with Crippen LogP contribution in [0.15, 0.2) is 41.6 Å². The topological polar surface area (TPSA) is 156 Å². The van der Waals surface area contributed by atoms with Crippen molar-refractivity contribution >= 4 is 41.0 Å². The minimum absolute atomic E-state index is 0.0146. The number of imide groups is 1. The van der Waals surface area contributed by atoms with Crippen molar-refractivity contribution in [3.63, 3.8) is 0 Å². The van der Waals surface area contributed by atoms with Crippen molar-refractivity contribution in [2.24, 2.45) is 11.1 Å². The maximum atomic E-state index is 13.8. The summed E-state index contributed by atoms with van der Waals surface area (Å²) in [6, 6.07) is 8.62. The fourth-order valence-corrected chi connectivity index (χ4v) is 5.36. The molecule has 4 rings (SSSR count). The van der Waals surface area contributed by atoms with Gasteiger partial charge in [0.05, 0.1) is 31.2 Å². The number of urea groups is 1. The third-order valence-corrected chi connectivity index (χ3v) is 7.69. The second-order valence-corrected chi connectivity index (χ2v) is 10.7. The Balaban J connectivity index is 1.58. The van der Waals surface area contributed by atoms with Crippen LogP contribution in [0.4, 0.5) is 10.5 Å². The molecule has 1 saturated heterocycles. The second kappa shape index (κ2) is 13.6. The highest BCUT2D eigenvalue weighted by atomic mass is 35.5. The molecular formula is C29H36ClN5O6. The third-order valence-electron chi connectivity index (χ3n) is 7.46. The zero-order valence-electron chi connectivity index (χ0n) is 23.2. The number of benzene rings is 2. The Hall–Kier alpha value is -3.99. The first-order valence-corrected chi connectivity index (χ1v) is 14.1. The fraction of sp³-hybridized carbons (Fsp3) is 0.448. The Morgan fingerprint density at radius 2 is 2.00 bits per heavy atom. The molecule has 220 valence electrons. The molecule has 1 aliphatic heterocycles. The van der Waals surface area contributed by atoms with Gasteiger partial charge in [-0.15, -0.1) is 0 Å². The highest BCUT2D eigenvalue weighted by molar-refractivity contribution is 6.30. The van der Waals surface area contributed by atoms with Crippen molar-refractivity contribution in [2.75, 3.05) is 25.9 Å². The molecule has 0 aromatic heterocycles. The SMILES string of the molecule is CCC(NC(=O)N1C/C(=N/OC2CCCC2)NCC(Cc2cc(Cl)ccc2OC)C1=O)c1ccc(C(=O)O)c(N)c1. The zero-order chi connectivity index (χ0) is 29.5. The van der Waals surface area contributed by atoms with Crippen molar-refractivity contribution in [1.82, 2.24) is 15.5 Å². The molecule has 0 bridgehead atoms. The smallest absolute Gasteiger partial charge is 0.337 e. The van der Waals surface area contributed by atoms with Crippen molar-refractivity contribution in [3.05, 3.63) is 58.1 Å². The van der Waals surface area contributed by atoms with E-state index in [0.717, 1.165) is 36.1 Å². The first-order chi connectivity index (χ1) is 19.7. The number of nitrogens with two attached hydrogens (primary N) is 1. The number of carbonyl (C=O) groups excluding carboxylic acids is 2.